The molecular formula is C2H6KNO. The summed E-state index contributed by atoms with van der Waals surface area (Å²) in [6.07, 6.45) is 1.31. The molecule has 0 rings (SSSR count). The van der Waals surface area contributed by atoms with Gasteiger partial charge < -0.3 is 6.63 Å². The van der Waals surface area contributed by atoms with Crippen LogP contribution < -0.4 is 51.4 Å². The maximum atomic E-state index is 7.44. The minimum Gasteiger partial charge on any atom is -1.00 e. The van der Waals surface area contributed by atoms with Gasteiger partial charge in [-0.1, -0.05) is 0 Å². The molecule has 26 valence electrons. The van der Waals surface area contributed by atoms with Crippen LogP contribution in [0.5, 0.6) is 0 Å². The molecule has 3 heteroatoms. The fourth-order valence-corrected chi connectivity index (χ4v) is 0. The van der Waals surface area contributed by atoms with E-state index in [2.05, 4.69) is 5.16 Å². The molecule has 2 nitrogen and oxygen atoms in total. The largest absolute Gasteiger partial charge is 1.00 e. The first-order valence-electron chi connectivity index (χ1n) is 1.04. The van der Waals surface area contributed by atoms with E-state index in [1.807, 2.05) is 0 Å². The summed E-state index contributed by atoms with van der Waals surface area (Å²) in [5.41, 5.74) is 0. The summed E-state index contributed by atoms with van der Waals surface area (Å²) in [6.45, 7) is 1.64. The summed E-state index contributed by atoms with van der Waals surface area (Å²) in [7, 11) is 0. The molecule has 0 bridgehead atoms. The fourth-order valence-electron chi connectivity index (χ4n) is 0. The first kappa shape index (κ1) is 9.44. The zero-order chi connectivity index (χ0) is 3.41. The Labute approximate surface area is 75.2 Å². The maximum Gasteiger partial charge on any atom is 1.00 e. The molecule has 0 aliphatic carbocycles. The molecule has 0 radical (unpaired) electrons. The van der Waals surface area contributed by atoms with Crippen LogP contribution in [-0.2, 0) is 0 Å². The number of rotatable bonds is 0. The van der Waals surface area contributed by atoms with Crippen LogP contribution in [0, 0.1) is 0 Å². The normalized spacial score (nSPS) is 7.40. The Morgan fingerprint density at radius 2 is 2.20 bits per heavy atom. The molecule has 0 saturated heterocycles. The third-order valence-corrected chi connectivity index (χ3v) is 0.115. The van der Waals surface area contributed by atoms with E-state index in [0.29, 0.717) is 0 Å². The third-order valence-electron chi connectivity index (χ3n) is 0.115. The van der Waals surface area contributed by atoms with E-state index < -0.39 is 0 Å². The Morgan fingerprint density at radius 1 is 2.00 bits per heavy atom. The monoisotopic (exact) mass is 99.0 g/mol. The Bertz CT molecular complexity index is 28.7. The molecule has 0 fully saturated rings. The third kappa shape index (κ3) is 11.1. The van der Waals surface area contributed by atoms with E-state index in [1.54, 1.807) is 6.92 Å². The van der Waals surface area contributed by atoms with Gasteiger partial charge in [0.2, 0.25) is 0 Å². The van der Waals surface area contributed by atoms with Gasteiger partial charge in [-0.15, -0.1) is 5.16 Å². The van der Waals surface area contributed by atoms with Gasteiger partial charge >= 0.3 is 51.4 Å². The van der Waals surface area contributed by atoms with Crippen LogP contribution in [0.15, 0.2) is 5.16 Å². The van der Waals surface area contributed by atoms with Crippen LogP contribution in [0.3, 0.4) is 0 Å². The maximum absolute atomic E-state index is 7.44. The van der Waals surface area contributed by atoms with Crippen molar-refractivity contribution >= 4 is 6.21 Å². The summed E-state index contributed by atoms with van der Waals surface area (Å²) in [4.78, 5) is 0. The van der Waals surface area contributed by atoms with E-state index in [-0.39, 0.29) is 52.8 Å². The molecule has 0 atom stereocenters. The van der Waals surface area contributed by atoms with E-state index >= 15 is 0 Å². The predicted molar refractivity (Wildman–Crippen MR) is 17.1 cm³/mol. The van der Waals surface area contributed by atoms with Crippen molar-refractivity contribution in [2.75, 3.05) is 0 Å². The van der Waals surface area contributed by atoms with E-state index in [4.69, 9.17) is 5.21 Å². The zero-order valence-electron chi connectivity index (χ0n) is 4.47. The first-order valence-corrected chi connectivity index (χ1v) is 1.04. The van der Waals surface area contributed by atoms with Crippen LogP contribution in [0.25, 0.3) is 0 Å². The SMILES string of the molecule is CC=NO.[H-].[K+]. The van der Waals surface area contributed by atoms with E-state index in [9.17, 15) is 0 Å². The molecule has 1 N–H and O–H groups in total. The zero-order valence-corrected chi connectivity index (χ0v) is 6.59. The van der Waals surface area contributed by atoms with Crippen molar-refractivity contribution < 1.29 is 58.0 Å². The van der Waals surface area contributed by atoms with Crippen molar-refractivity contribution in [2.45, 2.75) is 6.92 Å². The van der Waals surface area contributed by atoms with Crippen LogP contribution in [0.1, 0.15) is 8.35 Å². The van der Waals surface area contributed by atoms with Crippen molar-refractivity contribution in [1.29, 1.82) is 0 Å². The van der Waals surface area contributed by atoms with Gasteiger partial charge in [0.1, 0.15) is 0 Å². The van der Waals surface area contributed by atoms with Crippen LogP contribution >= 0.6 is 0 Å². The van der Waals surface area contributed by atoms with E-state index in [0.717, 1.165) is 0 Å². The predicted octanol–water partition coefficient (Wildman–Crippen LogP) is -2.42. The molecule has 0 heterocycles. The van der Waals surface area contributed by atoms with Gasteiger partial charge in [0.25, 0.3) is 0 Å². The molecule has 0 unspecified atom stereocenters. The second-order valence-electron chi connectivity index (χ2n) is 0.374. The van der Waals surface area contributed by atoms with Gasteiger partial charge in [0.05, 0.1) is 0 Å². The van der Waals surface area contributed by atoms with Gasteiger partial charge in [0, 0.05) is 6.21 Å². The average molecular weight is 99.2 g/mol. The van der Waals surface area contributed by atoms with Crippen molar-refractivity contribution in [3.05, 3.63) is 0 Å². The summed E-state index contributed by atoms with van der Waals surface area (Å²) in [5, 5.41) is 10.1. The first-order chi connectivity index (χ1) is 1.91. The van der Waals surface area contributed by atoms with Gasteiger partial charge in [0.15, 0.2) is 0 Å². The molecule has 0 amide bonds. The quantitative estimate of drug-likeness (QED) is 0.156. The molecule has 0 saturated carbocycles. The van der Waals surface area contributed by atoms with Crippen molar-refractivity contribution in [3.63, 3.8) is 0 Å². The van der Waals surface area contributed by atoms with Gasteiger partial charge in [-0.05, 0) is 6.92 Å². The summed E-state index contributed by atoms with van der Waals surface area (Å²) < 4.78 is 0. The number of nitrogens with zero attached hydrogens (tertiary/aromatic N) is 1. The smallest absolute Gasteiger partial charge is 1.00 e. The summed E-state index contributed by atoms with van der Waals surface area (Å²) >= 11 is 0. The Kier molecular flexibility index (Phi) is 16.9. The molecule has 0 aromatic carbocycles. The van der Waals surface area contributed by atoms with E-state index in [1.165, 1.54) is 6.21 Å². The molecular weight excluding hydrogens is 93.1 g/mol. The van der Waals surface area contributed by atoms with Crippen molar-refractivity contribution in [3.8, 4) is 0 Å². The number of hydrogen-bond acceptors (Lipinski definition) is 2. The average Bonchev–Trinajstić information content (AvgIpc) is 1.37. The molecule has 5 heavy (non-hydrogen) atoms. The number of oxime groups is 1. The van der Waals surface area contributed by atoms with Gasteiger partial charge in [-0.25, -0.2) is 0 Å². The number of hydrogen-bond donors (Lipinski definition) is 1. The van der Waals surface area contributed by atoms with Crippen LogP contribution in [0.4, 0.5) is 0 Å². The van der Waals surface area contributed by atoms with Gasteiger partial charge in [-0.3, -0.25) is 0 Å². The Hall–Kier alpha value is 1.11. The molecule has 0 aliphatic rings. The summed E-state index contributed by atoms with van der Waals surface area (Å²) in [5.74, 6) is 0. The molecule has 0 spiro atoms. The summed E-state index contributed by atoms with van der Waals surface area (Å²) in [6, 6.07) is 0. The molecule has 0 aromatic rings. The van der Waals surface area contributed by atoms with Crippen molar-refractivity contribution in [2.24, 2.45) is 5.16 Å². The second kappa shape index (κ2) is 8.92. The second-order valence-corrected chi connectivity index (χ2v) is 0.374. The standard InChI is InChI=1S/C2H5NO.K.H/c1-2-3-4;;/h2,4H,1H3;;/q;+1;-1. The van der Waals surface area contributed by atoms with Crippen LogP contribution in [0.2, 0.25) is 0 Å². The van der Waals surface area contributed by atoms with Crippen molar-refractivity contribution in [1.82, 2.24) is 0 Å². The molecule has 0 aromatic heterocycles. The van der Waals surface area contributed by atoms with Gasteiger partial charge in [-0.2, -0.15) is 0 Å². The fraction of sp³-hybridized carbons (Fsp3) is 0.500. The topological polar surface area (TPSA) is 32.6 Å². The Balaban J connectivity index is -0.0000000450. The molecule has 0 aliphatic heterocycles. The Morgan fingerprint density at radius 3 is 2.20 bits per heavy atom. The minimum atomic E-state index is 0. The van der Waals surface area contributed by atoms with Crippen LogP contribution in [-0.4, -0.2) is 11.4 Å². The minimum absolute atomic E-state index is 0.